The first-order valence-corrected chi connectivity index (χ1v) is 7.36. The SMILES string of the molecule is Cc1ccc(-c2cc(C(F)(F)F)nc(N)c2-c2ccccc2)cc1. The quantitative estimate of drug-likeness (QED) is 0.691. The summed E-state index contributed by atoms with van der Waals surface area (Å²) in [4.78, 5) is 3.58. The number of nitrogens with zero attached hydrogens (tertiary/aromatic N) is 1. The van der Waals surface area contributed by atoms with Crippen molar-refractivity contribution in [1.29, 1.82) is 0 Å². The third-order valence-electron chi connectivity index (χ3n) is 3.76. The van der Waals surface area contributed by atoms with Crippen LogP contribution < -0.4 is 5.73 Å². The van der Waals surface area contributed by atoms with Gasteiger partial charge in [0.2, 0.25) is 0 Å². The lowest BCUT2D eigenvalue weighted by Gasteiger charge is -2.16. The van der Waals surface area contributed by atoms with Gasteiger partial charge in [0.05, 0.1) is 0 Å². The maximum atomic E-state index is 13.1. The van der Waals surface area contributed by atoms with E-state index in [1.807, 2.05) is 37.3 Å². The lowest BCUT2D eigenvalue weighted by atomic mass is 9.94. The number of aromatic nitrogens is 1. The van der Waals surface area contributed by atoms with E-state index in [4.69, 9.17) is 5.73 Å². The minimum Gasteiger partial charge on any atom is -0.383 e. The highest BCUT2D eigenvalue weighted by atomic mass is 19.4. The van der Waals surface area contributed by atoms with Crippen molar-refractivity contribution in [1.82, 2.24) is 4.98 Å². The van der Waals surface area contributed by atoms with Gasteiger partial charge >= 0.3 is 6.18 Å². The van der Waals surface area contributed by atoms with Gasteiger partial charge in [-0.25, -0.2) is 4.98 Å². The van der Waals surface area contributed by atoms with Crippen LogP contribution in [-0.4, -0.2) is 4.98 Å². The highest BCUT2D eigenvalue weighted by Crippen LogP contribution is 2.39. The Hall–Kier alpha value is -2.82. The Kier molecular flexibility index (Phi) is 4.01. The summed E-state index contributed by atoms with van der Waals surface area (Å²) >= 11 is 0. The van der Waals surface area contributed by atoms with Gasteiger partial charge in [-0.1, -0.05) is 60.2 Å². The van der Waals surface area contributed by atoms with Crippen LogP contribution in [0.3, 0.4) is 0 Å². The van der Waals surface area contributed by atoms with E-state index < -0.39 is 11.9 Å². The predicted molar refractivity (Wildman–Crippen MR) is 89.3 cm³/mol. The van der Waals surface area contributed by atoms with Crippen molar-refractivity contribution >= 4 is 5.82 Å². The molecule has 0 unspecified atom stereocenters. The number of halogens is 3. The minimum atomic E-state index is -4.55. The second kappa shape index (κ2) is 6.00. The van der Waals surface area contributed by atoms with Crippen molar-refractivity contribution in [2.45, 2.75) is 13.1 Å². The first-order valence-electron chi connectivity index (χ1n) is 7.36. The molecule has 2 N–H and O–H groups in total. The van der Waals surface area contributed by atoms with Gasteiger partial charge in [-0.15, -0.1) is 0 Å². The number of nitrogen functional groups attached to an aromatic ring is 1. The van der Waals surface area contributed by atoms with Crippen LogP contribution >= 0.6 is 0 Å². The Bertz CT molecular complexity index is 854. The number of benzene rings is 2. The van der Waals surface area contributed by atoms with Gasteiger partial charge < -0.3 is 5.73 Å². The monoisotopic (exact) mass is 328 g/mol. The maximum absolute atomic E-state index is 13.1. The molecule has 1 aromatic heterocycles. The van der Waals surface area contributed by atoms with E-state index in [0.29, 0.717) is 16.7 Å². The summed E-state index contributed by atoms with van der Waals surface area (Å²) < 4.78 is 39.4. The van der Waals surface area contributed by atoms with E-state index in [9.17, 15) is 13.2 Å². The Balaban J connectivity index is 2.30. The van der Waals surface area contributed by atoms with Crippen LogP contribution in [0.25, 0.3) is 22.3 Å². The average Bonchev–Trinajstić information content (AvgIpc) is 2.55. The summed E-state index contributed by atoms with van der Waals surface area (Å²) in [6.45, 7) is 1.92. The minimum absolute atomic E-state index is 0.133. The first kappa shape index (κ1) is 16.1. The fourth-order valence-corrected chi connectivity index (χ4v) is 2.58. The molecule has 0 amide bonds. The molecule has 0 aliphatic carbocycles. The number of anilines is 1. The number of aryl methyl sites for hydroxylation is 1. The molecular weight excluding hydrogens is 313 g/mol. The highest BCUT2D eigenvalue weighted by molar-refractivity contribution is 5.89. The van der Waals surface area contributed by atoms with Crippen LogP contribution in [0.15, 0.2) is 60.7 Å². The van der Waals surface area contributed by atoms with Crippen LogP contribution in [0.2, 0.25) is 0 Å². The molecule has 5 heteroatoms. The van der Waals surface area contributed by atoms with Crippen LogP contribution in [0.5, 0.6) is 0 Å². The topological polar surface area (TPSA) is 38.9 Å². The summed E-state index contributed by atoms with van der Waals surface area (Å²) in [5, 5.41) is 0. The zero-order chi connectivity index (χ0) is 17.3. The second-order valence-corrected chi connectivity index (χ2v) is 5.55. The number of nitrogens with two attached hydrogens (primary N) is 1. The third kappa shape index (κ3) is 3.11. The molecule has 0 radical (unpaired) electrons. The molecule has 122 valence electrons. The number of alkyl halides is 3. The molecule has 0 fully saturated rings. The zero-order valence-corrected chi connectivity index (χ0v) is 12.9. The van der Waals surface area contributed by atoms with Crippen LogP contribution in [-0.2, 0) is 6.18 Å². The van der Waals surface area contributed by atoms with Crippen molar-refractivity contribution in [2.24, 2.45) is 0 Å². The summed E-state index contributed by atoms with van der Waals surface area (Å²) in [5.41, 5.74) is 8.26. The summed E-state index contributed by atoms with van der Waals surface area (Å²) in [6.07, 6.45) is -4.55. The van der Waals surface area contributed by atoms with E-state index in [-0.39, 0.29) is 5.82 Å². The van der Waals surface area contributed by atoms with Gasteiger partial charge in [0.25, 0.3) is 0 Å². The third-order valence-corrected chi connectivity index (χ3v) is 3.76. The first-order chi connectivity index (χ1) is 11.4. The van der Waals surface area contributed by atoms with Gasteiger partial charge in [0.1, 0.15) is 11.5 Å². The number of hydrogen-bond acceptors (Lipinski definition) is 2. The van der Waals surface area contributed by atoms with Gasteiger partial charge in [-0.2, -0.15) is 13.2 Å². The van der Waals surface area contributed by atoms with Crippen molar-refractivity contribution in [3.8, 4) is 22.3 Å². The molecule has 0 bridgehead atoms. The highest BCUT2D eigenvalue weighted by Gasteiger charge is 2.34. The van der Waals surface area contributed by atoms with Gasteiger partial charge in [0.15, 0.2) is 0 Å². The molecule has 0 atom stereocenters. The van der Waals surface area contributed by atoms with Crippen LogP contribution in [0.4, 0.5) is 19.0 Å². The van der Waals surface area contributed by atoms with Crippen molar-refractivity contribution in [3.05, 3.63) is 71.9 Å². The van der Waals surface area contributed by atoms with Crippen LogP contribution in [0.1, 0.15) is 11.3 Å². The second-order valence-electron chi connectivity index (χ2n) is 5.55. The molecule has 2 nitrogen and oxygen atoms in total. The summed E-state index contributed by atoms with van der Waals surface area (Å²) in [6, 6.07) is 17.4. The van der Waals surface area contributed by atoms with Gasteiger partial charge in [-0.3, -0.25) is 0 Å². The molecule has 2 aromatic carbocycles. The van der Waals surface area contributed by atoms with E-state index in [0.717, 1.165) is 17.2 Å². The normalized spacial score (nSPS) is 11.5. The van der Waals surface area contributed by atoms with Crippen molar-refractivity contribution in [2.75, 3.05) is 5.73 Å². The number of hydrogen-bond donors (Lipinski definition) is 1. The number of rotatable bonds is 2. The van der Waals surface area contributed by atoms with E-state index in [1.165, 1.54) is 0 Å². The maximum Gasteiger partial charge on any atom is 0.433 e. The predicted octanol–water partition coefficient (Wildman–Crippen LogP) is 5.33. The van der Waals surface area contributed by atoms with Gasteiger partial charge in [0, 0.05) is 5.56 Å². The van der Waals surface area contributed by atoms with Crippen molar-refractivity contribution < 1.29 is 13.2 Å². The number of pyridine rings is 1. The Labute approximate surface area is 137 Å². The fourth-order valence-electron chi connectivity index (χ4n) is 2.58. The van der Waals surface area contributed by atoms with E-state index >= 15 is 0 Å². The standard InChI is InChI=1S/C19H15F3N2/c1-12-7-9-13(10-8-12)15-11-16(19(20,21)22)24-18(23)17(15)14-5-3-2-4-6-14/h2-11H,1H3,(H2,23,24). The van der Waals surface area contributed by atoms with Gasteiger partial charge in [-0.05, 0) is 29.7 Å². The zero-order valence-electron chi connectivity index (χ0n) is 12.9. The molecule has 3 rings (SSSR count). The Morgan fingerprint density at radius 2 is 1.50 bits per heavy atom. The summed E-state index contributed by atoms with van der Waals surface area (Å²) in [5.74, 6) is -0.133. The molecule has 3 aromatic rings. The van der Waals surface area contributed by atoms with Crippen LogP contribution in [0, 0.1) is 6.92 Å². The molecule has 0 spiro atoms. The summed E-state index contributed by atoms with van der Waals surface area (Å²) in [7, 11) is 0. The van der Waals surface area contributed by atoms with Crippen molar-refractivity contribution in [3.63, 3.8) is 0 Å². The molecule has 0 aliphatic heterocycles. The molecule has 0 saturated carbocycles. The lowest BCUT2D eigenvalue weighted by molar-refractivity contribution is -0.141. The molecule has 1 heterocycles. The lowest BCUT2D eigenvalue weighted by Crippen LogP contribution is -2.11. The average molecular weight is 328 g/mol. The Morgan fingerprint density at radius 3 is 2.08 bits per heavy atom. The smallest absolute Gasteiger partial charge is 0.383 e. The molecular formula is C19H15F3N2. The molecule has 24 heavy (non-hydrogen) atoms. The van der Waals surface area contributed by atoms with E-state index in [1.54, 1.807) is 24.3 Å². The fraction of sp³-hybridized carbons (Fsp3) is 0.105. The molecule has 0 saturated heterocycles. The van der Waals surface area contributed by atoms with E-state index in [2.05, 4.69) is 4.98 Å². The largest absolute Gasteiger partial charge is 0.433 e. The Morgan fingerprint density at radius 1 is 0.875 bits per heavy atom. The molecule has 0 aliphatic rings.